The summed E-state index contributed by atoms with van der Waals surface area (Å²) in [7, 11) is 0. The van der Waals surface area contributed by atoms with Crippen molar-refractivity contribution in [3.8, 4) is 5.75 Å². The van der Waals surface area contributed by atoms with Gasteiger partial charge in [0, 0.05) is 19.5 Å². The molecule has 1 saturated heterocycles. The lowest BCUT2D eigenvalue weighted by Gasteiger charge is -2.29. The molecule has 0 aliphatic carbocycles. The molecule has 20 heavy (non-hydrogen) atoms. The number of aromatic hydroxyl groups is 1. The fourth-order valence-corrected chi connectivity index (χ4v) is 2.94. The molecule has 0 unspecified atom stereocenters. The third-order valence-corrected chi connectivity index (χ3v) is 4.06. The van der Waals surface area contributed by atoms with Gasteiger partial charge in [-0.1, -0.05) is 18.2 Å². The molecule has 1 fully saturated rings. The minimum Gasteiger partial charge on any atom is -0.508 e. The molecule has 3 rings (SSSR count). The highest BCUT2D eigenvalue weighted by Crippen LogP contribution is 2.27. The predicted molar refractivity (Wildman–Crippen MR) is 76.2 cm³/mol. The summed E-state index contributed by atoms with van der Waals surface area (Å²) < 4.78 is 5.22. The Morgan fingerprint density at radius 1 is 1.30 bits per heavy atom. The molecular weight excluding hydrogens is 254 g/mol. The number of benzene rings is 1. The fraction of sp³-hybridized carbons (Fsp3) is 0.438. The van der Waals surface area contributed by atoms with Crippen LogP contribution in [-0.4, -0.2) is 41.2 Å². The highest BCUT2D eigenvalue weighted by Gasteiger charge is 2.36. The molecule has 4 heteroatoms. The lowest BCUT2D eigenvalue weighted by molar-refractivity contribution is -0.144. The van der Waals surface area contributed by atoms with Gasteiger partial charge in [0.15, 0.2) is 0 Å². The molecule has 1 aromatic rings. The van der Waals surface area contributed by atoms with Gasteiger partial charge in [-0.3, -0.25) is 9.69 Å². The molecule has 1 N–H and O–H groups in total. The van der Waals surface area contributed by atoms with Crippen molar-refractivity contribution >= 4 is 11.5 Å². The molecule has 106 valence electrons. The van der Waals surface area contributed by atoms with E-state index in [1.54, 1.807) is 12.1 Å². The van der Waals surface area contributed by atoms with Crippen LogP contribution in [-0.2, 0) is 9.53 Å². The average molecular weight is 273 g/mol. The van der Waals surface area contributed by atoms with Gasteiger partial charge >= 0.3 is 5.97 Å². The Morgan fingerprint density at radius 3 is 2.60 bits per heavy atom. The van der Waals surface area contributed by atoms with Gasteiger partial charge in [0.2, 0.25) is 0 Å². The van der Waals surface area contributed by atoms with Gasteiger partial charge < -0.3 is 9.84 Å². The molecule has 2 aliphatic heterocycles. The van der Waals surface area contributed by atoms with Gasteiger partial charge in [0.05, 0.1) is 0 Å². The maximum Gasteiger partial charge on any atom is 0.323 e. The van der Waals surface area contributed by atoms with E-state index in [2.05, 4.69) is 11.0 Å². The Morgan fingerprint density at radius 2 is 2.05 bits per heavy atom. The van der Waals surface area contributed by atoms with E-state index in [0.717, 1.165) is 31.5 Å². The molecule has 0 aromatic heterocycles. The van der Waals surface area contributed by atoms with Crippen LogP contribution in [0.2, 0.25) is 0 Å². The number of cyclic esters (lactones) is 1. The SMILES string of the molecule is C[C@@H]1C[C@@H](N2CC=C(c3ccc(O)cc3)CC2)C(=O)O1. The first-order valence-electron chi connectivity index (χ1n) is 7.06. The number of esters is 1. The van der Waals surface area contributed by atoms with Crippen LogP contribution in [0.3, 0.4) is 0 Å². The van der Waals surface area contributed by atoms with Crippen LogP contribution in [0.4, 0.5) is 0 Å². The third kappa shape index (κ3) is 2.56. The molecule has 0 bridgehead atoms. The van der Waals surface area contributed by atoms with Crippen LogP contribution in [0.5, 0.6) is 5.75 Å². The van der Waals surface area contributed by atoms with E-state index in [1.165, 1.54) is 5.57 Å². The maximum absolute atomic E-state index is 11.8. The Bertz CT molecular complexity index is 535. The number of carbonyl (C=O) groups excluding carboxylic acids is 1. The van der Waals surface area contributed by atoms with E-state index >= 15 is 0 Å². The van der Waals surface area contributed by atoms with Gasteiger partial charge in [-0.05, 0) is 36.6 Å². The first kappa shape index (κ1) is 13.2. The predicted octanol–water partition coefficient (Wildman–Crippen LogP) is 2.19. The lowest BCUT2D eigenvalue weighted by atomic mass is 9.98. The Balaban J connectivity index is 1.69. The molecule has 0 saturated carbocycles. The van der Waals surface area contributed by atoms with Crippen molar-refractivity contribution < 1.29 is 14.6 Å². The second-order valence-electron chi connectivity index (χ2n) is 5.52. The zero-order chi connectivity index (χ0) is 14.1. The van der Waals surface area contributed by atoms with Crippen LogP contribution in [0.25, 0.3) is 5.57 Å². The lowest BCUT2D eigenvalue weighted by Crippen LogP contribution is -2.41. The van der Waals surface area contributed by atoms with Crippen molar-refractivity contribution in [2.24, 2.45) is 0 Å². The first-order chi connectivity index (χ1) is 9.63. The van der Waals surface area contributed by atoms with Gasteiger partial charge in [0.25, 0.3) is 0 Å². The van der Waals surface area contributed by atoms with Crippen LogP contribution < -0.4 is 0 Å². The second-order valence-corrected chi connectivity index (χ2v) is 5.52. The summed E-state index contributed by atoms with van der Waals surface area (Å²) >= 11 is 0. The minimum atomic E-state index is -0.0843. The summed E-state index contributed by atoms with van der Waals surface area (Å²) in [4.78, 5) is 14.0. The van der Waals surface area contributed by atoms with E-state index < -0.39 is 0 Å². The molecule has 0 amide bonds. The van der Waals surface area contributed by atoms with Crippen LogP contribution in [0.1, 0.15) is 25.3 Å². The summed E-state index contributed by atoms with van der Waals surface area (Å²) in [6.07, 6.45) is 3.92. The largest absolute Gasteiger partial charge is 0.508 e. The van der Waals surface area contributed by atoms with Gasteiger partial charge in [0.1, 0.15) is 17.9 Å². The number of hydrogen-bond acceptors (Lipinski definition) is 4. The van der Waals surface area contributed by atoms with Crippen molar-refractivity contribution in [2.75, 3.05) is 13.1 Å². The highest BCUT2D eigenvalue weighted by atomic mass is 16.6. The highest BCUT2D eigenvalue weighted by molar-refractivity contribution is 5.78. The monoisotopic (exact) mass is 273 g/mol. The Labute approximate surface area is 118 Å². The summed E-state index contributed by atoms with van der Waals surface area (Å²) in [6.45, 7) is 3.60. The van der Waals surface area contributed by atoms with Crippen molar-refractivity contribution in [1.82, 2.24) is 4.90 Å². The van der Waals surface area contributed by atoms with Gasteiger partial charge in [-0.15, -0.1) is 0 Å². The number of hydrogen-bond donors (Lipinski definition) is 1. The number of rotatable bonds is 2. The molecule has 1 aromatic carbocycles. The van der Waals surface area contributed by atoms with Crippen molar-refractivity contribution in [1.29, 1.82) is 0 Å². The van der Waals surface area contributed by atoms with Gasteiger partial charge in [-0.25, -0.2) is 0 Å². The minimum absolute atomic E-state index is 0.0370. The normalized spacial score (nSPS) is 27.2. The molecule has 2 atom stereocenters. The van der Waals surface area contributed by atoms with E-state index in [4.69, 9.17) is 4.74 Å². The average Bonchev–Trinajstić information content (AvgIpc) is 2.79. The summed E-state index contributed by atoms with van der Waals surface area (Å²) in [5.74, 6) is 0.202. The zero-order valence-electron chi connectivity index (χ0n) is 11.6. The van der Waals surface area contributed by atoms with E-state index in [1.807, 2.05) is 19.1 Å². The standard InChI is InChI=1S/C16H19NO3/c1-11-10-15(16(19)20-11)17-8-6-13(7-9-17)12-2-4-14(18)5-3-12/h2-6,11,15,18H,7-10H2,1H3/t11-,15-/m1/s1. The molecule has 0 spiro atoms. The quantitative estimate of drug-likeness (QED) is 0.839. The maximum atomic E-state index is 11.8. The molecule has 2 aliphatic rings. The van der Waals surface area contributed by atoms with Crippen molar-refractivity contribution in [2.45, 2.75) is 31.9 Å². The smallest absolute Gasteiger partial charge is 0.323 e. The number of phenolic OH excluding ortho intramolecular Hbond substituents is 1. The zero-order valence-corrected chi connectivity index (χ0v) is 11.6. The summed E-state index contributed by atoms with van der Waals surface area (Å²) in [5, 5.41) is 9.32. The Hall–Kier alpha value is -1.81. The topological polar surface area (TPSA) is 49.8 Å². The van der Waals surface area contributed by atoms with Crippen molar-refractivity contribution in [3.63, 3.8) is 0 Å². The van der Waals surface area contributed by atoms with Crippen LogP contribution in [0.15, 0.2) is 30.3 Å². The molecular formula is C16H19NO3. The van der Waals surface area contributed by atoms with E-state index in [-0.39, 0.29) is 23.9 Å². The molecule has 2 heterocycles. The number of carbonyl (C=O) groups is 1. The number of phenols is 1. The second kappa shape index (κ2) is 5.29. The van der Waals surface area contributed by atoms with Gasteiger partial charge in [-0.2, -0.15) is 0 Å². The Kier molecular flexibility index (Phi) is 3.49. The van der Waals surface area contributed by atoms with Crippen LogP contribution >= 0.6 is 0 Å². The molecule has 4 nitrogen and oxygen atoms in total. The fourth-order valence-electron chi connectivity index (χ4n) is 2.94. The molecule has 0 radical (unpaired) electrons. The summed E-state index contributed by atoms with van der Waals surface area (Å²) in [5.41, 5.74) is 2.42. The number of nitrogens with zero attached hydrogens (tertiary/aromatic N) is 1. The van der Waals surface area contributed by atoms with Crippen molar-refractivity contribution in [3.05, 3.63) is 35.9 Å². The summed E-state index contributed by atoms with van der Waals surface area (Å²) in [6, 6.07) is 7.20. The van der Waals surface area contributed by atoms with E-state index in [0.29, 0.717) is 0 Å². The first-order valence-corrected chi connectivity index (χ1v) is 7.06. The number of ether oxygens (including phenoxy) is 1. The van der Waals surface area contributed by atoms with E-state index in [9.17, 15) is 9.90 Å². The third-order valence-electron chi connectivity index (χ3n) is 4.06. The van der Waals surface area contributed by atoms with Crippen LogP contribution in [0, 0.1) is 0 Å².